The fraction of sp³-hybridized carbons (Fsp3) is 0.647. The van der Waals surface area contributed by atoms with Gasteiger partial charge in [0.15, 0.2) is 11.7 Å². The Balaban J connectivity index is 2.34. The number of amides is 1. The molecule has 0 bridgehead atoms. The van der Waals surface area contributed by atoms with E-state index >= 15 is 0 Å². The van der Waals surface area contributed by atoms with Gasteiger partial charge in [-0.05, 0) is 51.5 Å². The van der Waals surface area contributed by atoms with Crippen LogP contribution in [0.2, 0.25) is 0 Å². The van der Waals surface area contributed by atoms with Crippen molar-refractivity contribution in [3.05, 3.63) is 23.7 Å². The third kappa shape index (κ3) is 7.04. The Hall–Kier alpha value is -2.02. The van der Waals surface area contributed by atoms with Crippen LogP contribution in [0, 0.1) is 0 Å². The molecule has 1 atom stereocenters. The SMILES string of the molecule is CCN(CC)CCCC(C)NC(=NC)NCc1ccc(C(N)=O)o1. The number of primary amides is 1. The van der Waals surface area contributed by atoms with E-state index < -0.39 is 5.91 Å². The molecule has 0 aliphatic heterocycles. The Morgan fingerprint density at radius 2 is 2.08 bits per heavy atom. The first kappa shape index (κ1) is 20.0. The minimum absolute atomic E-state index is 0.166. The molecule has 0 aliphatic rings. The van der Waals surface area contributed by atoms with E-state index in [1.807, 2.05) is 0 Å². The maximum atomic E-state index is 11.0. The Morgan fingerprint density at radius 1 is 1.38 bits per heavy atom. The number of furan rings is 1. The van der Waals surface area contributed by atoms with Crippen molar-refractivity contribution >= 4 is 11.9 Å². The summed E-state index contributed by atoms with van der Waals surface area (Å²) in [5.41, 5.74) is 5.17. The molecule has 0 aromatic carbocycles. The van der Waals surface area contributed by atoms with Crippen LogP contribution in [0.5, 0.6) is 0 Å². The van der Waals surface area contributed by atoms with Crippen LogP contribution in [0.25, 0.3) is 0 Å². The summed E-state index contributed by atoms with van der Waals surface area (Å²) in [4.78, 5) is 17.6. The average Bonchev–Trinajstić information content (AvgIpc) is 3.04. The van der Waals surface area contributed by atoms with Crippen LogP contribution in [-0.2, 0) is 6.54 Å². The molecule has 4 N–H and O–H groups in total. The lowest BCUT2D eigenvalue weighted by Gasteiger charge is -2.21. The van der Waals surface area contributed by atoms with E-state index in [4.69, 9.17) is 10.2 Å². The summed E-state index contributed by atoms with van der Waals surface area (Å²) in [6.07, 6.45) is 2.22. The number of carbonyl (C=O) groups excluding carboxylic acids is 1. The predicted molar refractivity (Wildman–Crippen MR) is 97.0 cm³/mol. The number of nitrogens with two attached hydrogens (primary N) is 1. The first-order valence-electron chi connectivity index (χ1n) is 8.58. The second-order valence-electron chi connectivity index (χ2n) is 5.77. The molecule has 7 nitrogen and oxygen atoms in total. The van der Waals surface area contributed by atoms with Crippen molar-refractivity contribution in [3.63, 3.8) is 0 Å². The van der Waals surface area contributed by atoms with E-state index in [0.29, 0.717) is 24.3 Å². The highest BCUT2D eigenvalue weighted by Gasteiger charge is 2.09. The van der Waals surface area contributed by atoms with E-state index in [9.17, 15) is 4.79 Å². The van der Waals surface area contributed by atoms with Gasteiger partial charge in [-0.2, -0.15) is 0 Å². The molecule has 0 saturated carbocycles. The number of carbonyl (C=O) groups is 1. The van der Waals surface area contributed by atoms with Gasteiger partial charge in [0.05, 0.1) is 6.54 Å². The topological polar surface area (TPSA) is 95.9 Å². The maximum absolute atomic E-state index is 11.0. The molecule has 0 radical (unpaired) electrons. The van der Waals surface area contributed by atoms with Gasteiger partial charge < -0.3 is 25.7 Å². The predicted octanol–water partition coefficient (Wildman–Crippen LogP) is 1.55. The molecule has 1 aromatic rings. The lowest BCUT2D eigenvalue weighted by molar-refractivity contribution is 0.0972. The van der Waals surface area contributed by atoms with Crippen LogP contribution in [0.3, 0.4) is 0 Å². The molecule has 1 rings (SSSR count). The molecule has 0 fully saturated rings. The fourth-order valence-corrected chi connectivity index (χ4v) is 2.44. The van der Waals surface area contributed by atoms with Crippen molar-refractivity contribution in [1.82, 2.24) is 15.5 Å². The van der Waals surface area contributed by atoms with Crippen LogP contribution in [-0.4, -0.2) is 49.5 Å². The first-order chi connectivity index (χ1) is 11.5. The van der Waals surface area contributed by atoms with Crippen molar-refractivity contribution in [2.75, 3.05) is 26.7 Å². The van der Waals surface area contributed by atoms with Gasteiger partial charge in [0.2, 0.25) is 0 Å². The first-order valence-corrected chi connectivity index (χ1v) is 8.58. The summed E-state index contributed by atoms with van der Waals surface area (Å²) in [5, 5.41) is 6.54. The standard InChI is InChI=1S/C17H31N5O2/c1-5-22(6-2)11-7-8-13(3)21-17(19-4)20-12-14-9-10-15(24-14)16(18)23/h9-10,13H,5-8,11-12H2,1-4H3,(H2,18,23)(H2,19,20,21). The summed E-state index contributed by atoms with van der Waals surface area (Å²) in [6.45, 7) is 10.3. The lowest BCUT2D eigenvalue weighted by Crippen LogP contribution is -2.42. The van der Waals surface area contributed by atoms with Crippen molar-refractivity contribution in [3.8, 4) is 0 Å². The second kappa shape index (κ2) is 10.7. The molecule has 0 spiro atoms. The molecule has 1 aromatic heterocycles. The highest BCUT2D eigenvalue weighted by Crippen LogP contribution is 2.06. The molecule has 1 unspecified atom stereocenters. The van der Waals surface area contributed by atoms with Gasteiger partial charge in [0, 0.05) is 13.1 Å². The van der Waals surface area contributed by atoms with Crippen LogP contribution in [0.1, 0.15) is 49.9 Å². The van der Waals surface area contributed by atoms with Crippen molar-refractivity contribution in [1.29, 1.82) is 0 Å². The number of aliphatic imine (C=N–C) groups is 1. The third-order valence-electron chi connectivity index (χ3n) is 3.95. The molecule has 0 aliphatic carbocycles. The third-order valence-corrected chi connectivity index (χ3v) is 3.95. The lowest BCUT2D eigenvalue weighted by atomic mass is 10.2. The summed E-state index contributed by atoms with van der Waals surface area (Å²) >= 11 is 0. The second-order valence-corrected chi connectivity index (χ2v) is 5.77. The van der Waals surface area contributed by atoms with E-state index in [2.05, 4.69) is 41.3 Å². The average molecular weight is 337 g/mol. The van der Waals surface area contributed by atoms with Gasteiger partial charge in [0.25, 0.3) is 5.91 Å². The van der Waals surface area contributed by atoms with Crippen LogP contribution in [0.4, 0.5) is 0 Å². The Labute approximate surface area is 144 Å². The van der Waals surface area contributed by atoms with Crippen LogP contribution < -0.4 is 16.4 Å². The quantitative estimate of drug-likeness (QED) is 0.445. The van der Waals surface area contributed by atoms with E-state index in [1.54, 1.807) is 19.2 Å². The number of guanidine groups is 1. The van der Waals surface area contributed by atoms with Crippen LogP contribution in [0.15, 0.2) is 21.5 Å². The zero-order valence-corrected chi connectivity index (χ0v) is 15.3. The zero-order valence-electron chi connectivity index (χ0n) is 15.3. The number of hydrogen-bond acceptors (Lipinski definition) is 4. The smallest absolute Gasteiger partial charge is 0.284 e. The molecule has 1 amide bonds. The van der Waals surface area contributed by atoms with Crippen LogP contribution >= 0.6 is 0 Å². The Bertz CT molecular complexity index is 523. The zero-order chi connectivity index (χ0) is 17.9. The summed E-state index contributed by atoms with van der Waals surface area (Å²) < 4.78 is 5.34. The molecule has 24 heavy (non-hydrogen) atoms. The highest BCUT2D eigenvalue weighted by molar-refractivity contribution is 5.89. The molecular weight excluding hydrogens is 306 g/mol. The molecule has 1 heterocycles. The van der Waals surface area contributed by atoms with E-state index in [1.165, 1.54) is 0 Å². The number of nitrogens with zero attached hydrogens (tertiary/aromatic N) is 2. The van der Waals surface area contributed by atoms with Gasteiger partial charge in [-0.1, -0.05) is 13.8 Å². The van der Waals surface area contributed by atoms with Gasteiger partial charge >= 0.3 is 0 Å². The molecular formula is C17H31N5O2. The van der Waals surface area contributed by atoms with E-state index in [-0.39, 0.29) is 5.76 Å². The van der Waals surface area contributed by atoms with Crippen molar-refractivity contribution in [2.45, 2.75) is 46.2 Å². The maximum Gasteiger partial charge on any atom is 0.284 e. The number of rotatable bonds is 10. The molecule has 136 valence electrons. The van der Waals surface area contributed by atoms with Crippen molar-refractivity contribution in [2.24, 2.45) is 10.7 Å². The normalized spacial score (nSPS) is 13.1. The van der Waals surface area contributed by atoms with Crippen molar-refractivity contribution < 1.29 is 9.21 Å². The summed E-state index contributed by atoms with van der Waals surface area (Å²) in [6, 6.07) is 3.63. The number of nitrogens with one attached hydrogen (secondary N) is 2. The van der Waals surface area contributed by atoms with Gasteiger partial charge in [-0.25, -0.2) is 0 Å². The molecule has 7 heteroatoms. The minimum atomic E-state index is -0.564. The Kier molecular flexibility index (Phi) is 8.93. The summed E-state index contributed by atoms with van der Waals surface area (Å²) in [5.74, 6) is 0.952. The van der Waals surface area contributed by atoms with Gasteiger partial charge in [0.1, 0.15) is 5.76 Å². The molecule has 0 saturated heterocycles. The number of hydrogen-bond donors (Lipinski definition) is 3. The highest BCUT2D eigenvalue weighted by atomic mass is 16.3. The van der Waals surface area contributed by atoms with Gasteiger partial charge in [-0.3, -0.25) is 9.79 Å². The van der Waals surface area contributed by atoms with E-state index in [0.717, 1.165) is 32.5 Å². The monoisotopic (exact) mass is 337 g/mol. The summed E-state index contributed by atoms with van der Waals surface area (Å²) in [7, 11) is 1.73. The van der Waals surface area contributed by atoms with Gasteiger partial charge in [-0.15, -0.1) is 0 Å². The largest absolute Gasteiger partial charge is 0.454 e. The Morgan fingerprint density at radius 3 is 2.62 bits per heavy atom. The minimum Gasteiger partial charge on any atom is -0.454 e. The fourth-order valence-electron chi connectivity index (χ4n) is 2.44.